The van der Waals surface area contributed by atoms with Crippen LogP contribution in [0, 0.1) is 5.92 Å². The summed E-state index contributed by atoms with van der Waals surface area (Å²) in [5.74, 6) is 0.831. The van der Waals surface area contributed by atoms with E-state index in [1.165, 1.54) is 7.11 Å². The lowest BCUT2D eigenvalue weighted by Crippen LogP contribution is -2.48. The van der Waals surface area contributed by atoms with E-state index in [0.29, 0.717) is 60.0 Å². The monoisotopic (exact) mass is 529 g/mol. The lowest BCUT2D eigenvalue weighted by molar-refractivity contribution is -0.142. The minimum absolute atomic E-state index is 0.00891. The molecule has 0 saturated carbocycles. The molecule has 2 heterocycles. The molecule has 0 unspecified atom stereocenters. The number of hydrogen-bond donors (Lipinski definition) is 1. The molecule has 1 saturated heterocycles. The van der Waals surface area contributed by atoms with Crippen molar-refractivity contribution in [3.63, 3.8) is 0 Å². The van der Waals surface area contributed by atoms with Gasteiger partial charge < -0.3 is 15.0 Å². The van der Waals surface area contributed by atoms with Crippen LogP contribution in [0.4, 0.5) is 5.82 Å². The van der Waals surface area contributed by atoms with E-state index in [0.717, 1.165) is 10.9 Å². The van der Waals surface area contributed by atoms with Crippen LogP contribution in [0.1, 0.15) is 30.0 Å². The van der Waals surface area contributed by atoms with E-state index in [4.69, 9.17) is 37.9 Å². The van der Waals surface area contributed by atoms with Crippen molar-refractivity contribution in [3.05, 3.63) is 63.9 Å². The van der Waals surface area contributed by atoms with Gasteiger partial charge in [0.1, 0.15) is 17.7 Å². The van der Waals surface area contributed by atoms with Crippen molar-refractivity contribution in [2.24, 2.45) is 5.92 Å². The van der Waals surface area contributed by atoms with E-state index in [2.05, 4.69) is 10.2 Å². The van der Waals surface area contributed by atoms with E-state index in [1.54, 1.807) is 23.1 Å². The van der Waals surface area contributed by atoms with Gasteiger partial charge in [0.15, 0.2) is 0 Å². The molecule has 190 valence electrons. The Labute approximate surface area is 220 Å². The number of amides is 1. The molecular weight excluding hydrogens is 501 g/mol. The van der Waals surface area contributed by atoms with Gasteiger partial charge in [-0.2, -0.15) is 0 Å². The molecule has 0 aliphatic carbocycles. The average Bonchev–Trinajstić information content (AvgIpc) is 2.86. The van der Waals surface area contributed by atoms with Crippen LogP contribution in [0.25, 0.3) is 10.9 Å². The standard InChI is InChI=1S/C26H29Cl2N5O3/c1-16(2)23(26(35)36-3)31-24-20-6-4-5-7-21(20)29-22(30-24)15-32-8-10-33(11-9-32)25(34)17-12-18(27)14-19(28)13-17/h4-7,12-14,16,23H,8-11,15H2,1-3H3,(H,29,30,31)/t23-/m0/s1. The first-order valence-electron chi connectivity index (χ1n) is 11.8. The Kier molecular flexibility index (Phi) is 8.28. The summed E-state index contributed by atoms with van der Waals surface area (Å²) in [6.45, 7) is 6.92. The van der Waals surface area contributed by atoms with E-state index in [1.807, 2.05) is 38.1 Å². The zero-order valence-corrected chi connectivity index (χ0v) is 22.0. The third kappa shape index (κ3) is 6.06. The summed E-state index contributed by atoms with van der Waals surface area (Å²) in [5.41, 5.74) is 1.28. The van der Waals surface area contributed by atoms with Crippen molar-refractivity contribution < 1.29 is 14.3 Å². The van der Waals surface area contributed by atoms with Crippen LogP contribution in [-0.4, -0.2) is 71.0 Å². The maximum absolute atomic E-state index is 12.9. The number of halogens is 2. The number of esters is 1. The third-order valence-electron chi connectivity index (χ3n) is 6.20. The normalized spacial score (nSPS) is 15.2. The number of nitrogens with zero attached hydrogens (tertiary/aromatic N) is 4. The highest BCUT2D eigenvalue weighted by Crippen LogP contribution is 2.24. The first-order valence-corrected chi connectivity index (χ1v) is 12.6. The number of para-hydroxylation sites is 1. The van der Waals surface area contributed by atoms with Crippen molar-refractivity contribution in [1.29, 1.82) is 0 Å². The van der Waals surface area contributed by atoms with Crippen LogP contribution in [0.3, 0.4) is 0 Å². The second-order valence-corrected chi connectivity index (χ2v) is 9.99. The Morgan fingerprint density at radius 1 is 1.03 bits per heavy atom. The predicted molar refractivity (Wildman–Crippen MR) is 141 cm³/mol. The number of benzene rings is 2. The number of anilines is 1. The first kappa shape index (κ1) is 26.1. The SMILES string of the molecule is COC(=O)[C@@H](Nc1nc(CN2CCN(C(=O)c3cc(Cl)cc(Cl)c3)CC2)nc2ccccc12)C(C)C. The fourth-order valence-electron chi connectivity index (χ4n) is 4.25. The summed E-state index contributed by atoms with van der Waals surface area (Å²) in [7, 11) is 1.38. The van der Waals surface area contributed by atoms with Gasteiger partial charge >= 0.3 is 5.97 Å². The summed E-state index contributed by atoms with van der Waals surface area (Å²) in [6, 6.07) is 12.1. The maximum atomic E-state index is 12.9. The van der Waals surface area contributed by atoms with Crippen LogP contribution < -0.4 is 5.32 Å². The van der Waals surface area contributed by atoms with Gasteiger partial charge in [-0.15, -0.1) is 0 Å². The van der Waals surface area contributed by atoms with E-state index >= 15 is 0 Å². The zero-order valence-electron chi connectivity index (χ0n) is 20.5. The highest BCUT2D eigenvalue weighted by atomic mass is 35.5. The van der Waals surface area contributed by atoms with Crippen LogP contribution in [0.15, 0.2) is 42.5 Å². The number of ether oxygens (including phenoxy) is 1. The molecule has 0 spiro atoms. The minimum atomic E-state index is -0.532. The number of piperazine rings is 1. The quantitative estimate of drug-likeness (QED) is 0.450. The highest BCUT2D eigenvalue weighted by Gasteiger charge is 2.26. The summed E-state index contributed by atoms with van der Waals surface area (Å²) in [4.78, 5) is 38.8. The van der Waals surface area contributed by atoms with Crippen molar-refractivity contribution in [1.82, 2.24) is 19.8 Å². The number of methoxy groups -OCH3 is 1. The summed E-state index contributed by atoms with van der Waals surface area (Å²) in [6.07, 6.45) is 0. The predicted octanol–water partition coefficient (Wildman–Crippen LogP) is 4.50. The lowest BCUT2D eigenvalue weighted by atomic mass is 10.0. The molecule has 4 rings (SSSR count). The Morgan fingerprint density at radius 2 is 1.69 bits per heavy atom. The lowest BCUT2D eigenvalue weighted by Gasteiger charge is -2.34. The summed E-state index contributed by atoms with van der Waals surface area (Å²) >= 11 is 12.1. The first-order chi connectivity index (χ1) is 17.2. The Morgan fingerprint density at radius 3 is 2.33 bits per heavy atom. The van der Waals surface area contributed by atoms with Crippen molar-refractivity contribution in [3.8, 4) is 0 Å². The molecule has 3 aromatic rings. The number of aromatic nitrogens is 2. The van der Waals surface area contributed by atoms with Crippen LogP contribution >= 0.6 is 23.2 Å². The molecule has 1 atom stereocenters. The van der Waals surface area contributed by atoms with Gasteiger partial charge in [-0.1, -0.05) is 49.2 Å². The molecule has 1 amide bonds. The van der Waals surface area contributed by atoms with Gasteiger partial charge in [-0.25, -0.2) is 14.8 Å². The van der Waals surface area contributed by atoms with Crippen LogP contribution in [0.2, 0.25) is 10.0 Å². The molecule has 8 nitrogen and oxygen atoms in total. The van der Waals surface area contributed by atoms with Crippen LogP contribution in [-0.2, 0) is 16.1 Å². The molecular formula is C26H29Cl2N5O3. The zero-order chi connectivity index (χ0) is 25.8. The molecule has 1 N–H and O–H groups in total. The van der Waals surface area contributed by atoms with Crippen molar-refractivity contribution in [2.75, 3.05) is 38.6 Å². The molecule has 36 heavy (non-hydrogen) atoms. The van der Waals surface area contributed by atoms with E-state index in [-0.39, 0.29) is 17.8 Å². The van der Waals surface area contributed by atoms with Gasteiger partial charge in [0, 0.05) is 47.2 Å². The minimum Gasteiger partial charge on any atom is -0.467 e. The Hall–Kier alpha value is -2.94. The molecule has 1 fully saturated rings. The second-order valence-electron chi connectivity index (χ2n) is 9.12. The summed E-state index contributed by atoms with van der Waals surface area (Å²) in [5, 5.41) is 5.00. The van der Waals surface area contributed by atoms with E-state index < -0.39 is 6.04 Å². The topological polar surface area (TPSA) is 87.7 Å². The number of rotatable bonds is 7. The highest BCUT2D eigenvalue weighted by molar-refractivity contribution is 6.35. The number of fused-ring (bicyclic) bond motifs is 1. The Balaban J connectivity index is 1.48. The van der Waals surface area contributed by atoms with Gasteiger partial charge in [0.2, 0.25) is 0 Å². The molecule has 1 aromatic heterocycles. The van der Waals surface area contributed by atoms with Gasteiger partial charge in [0.05, 0.1) is 19.2 Å². The van der Waals surface area contributed by atoms with E-state index in [9.17, 15) is 9.59 Å². The Bertz CT molecular complexity index is 1240. The van der Waals surface area contributed by atoms with Crippen molar-refractivity contribution in [2.45, 2.75) is 26.4 Å². The van der Waals surface area contributed by atoms with Crippen LogP contribution in [0.5, 0.6) is 0 Å². The number of carbonyl (C=O) groups is 2. The van der Waals surface area contributed by atoms with Gasteiger partial charge in [-0.05, 0) is 36.2 Å². The molecule has 0 bridgehead atoms. The number of hydrogen-bond acceptors (Lipinski definition) is 7. The van der Waals surface area contributed by atoms with Gasteiger partial charge in [0.25, 0.3) is 5.91 Å². The number of nitrogens with one attached hydrogen (secondary N) is 1. The second kappa shape index (κ2) is 11.4. The summed E-state index contributed by atoms with van der Waals surface area (Å²) < 4.78 is 4.98. The average molecular weight is 530 g/mol. The molecule has 0 radical (unpaired) electrons. The van der Waals surface area contributed by atoms with Gasteiger partial charge in [-0.3, -0.25) is 9.69 Å². The van der Waals surface area contributed by atoms with Crippen molar-refractivity contribution >= 4 is 51.8 Å². The molecule has 1 aliphatic rings. The molecule has 2 aromatic carbocycles. The maximum Gasteiger partial charge on any atom is 0.328 e. The number of carbonyl (C=O) groups excluding carboxylic acids is 2. The largest absolute Gasteiger partial charge is 0.467 e. The fourth-order valence-corrected chi connectivity index (χ4v) is 4.77. The molecule has 10 heteroatoms. The third-order valence-corrected chi connectivity index (χ3v) is 6.63. The fraction of sp³-hybridized carbons (Fsp3) is 0.385. The smallest absolute Gasteiger partial charge is 0.328 e. The molecule has 1 aliphatic heterocycles.